The van der Waals surface area contributed by atoms with Gasteiger partial charge in [-0.1, -0.05) is 24.5 Å². The van der Waals surface area contributed by atoms with Crippen LogP contribution in [0.5, 0.6) is 0 Å². The van der Waals surface area contributed by atoms with Crippen LogP contribution in [0.2, 0.25) is 0 Å². The minimum absolute atomic E-state index is 0.0795. The smallest absolute Gasteiger partial charge is 0.214 e. The number of carbonyl (C=O) groups is 1. The highest BCUT2D eigenvalue weighted by Crippen LogP contribution is 2.23. The van der Waals surface area contributed by atoms with Crippen LogP contribution < -0.4 is 5.32 Å². The Labute approximate surface area is 113 Å². The minimum atomic E-state index is -0.0795. The molecule has 100 valence electrons. The number of hydrogen-bond donors (Lipinski definition) is 1. The van der Waals surface area contributed by atoms with Gasteiger partial charge < -0.3 is 9.73 Å². The molecule has 1 aliphatic rings. The van der Waals surface area contributed by atoms with Crippen molar-refractivity contribution in [2.75, 3.05) is 6.54 Å². The van der Waals surface area contributed by atoms with E-state index in [-0.39, 0.29) is 11.8 Å². The van der Waals surface area contributed by atoms with Gasteiger partial charge in [0, 0.05) is 5.39 Å². The van der Waals surface area contributed by atoms with E-state index in [9.17, 15) is 4.79 Å². The Morgan fingerprint density at radius 2 is 2.16 bits per heavy atom. The second-order valence-corrected chi connectivity index (χ2v) is 5.37. The van der Waals surface area contributed by atoms with E-state index in [2.05, 4.69) is 11.4 Å². The Balaban J connectivity index is 1.88. The van der Waals surface area contributed by atoms with Crippen LogP contribution in [0, 0.1) is 6.92 Å². The molecule has 19 heavy (non-hydrogen) atoms. The van der Waals surface area contributed by atoms with Crippen molar-refractivity contribution in [3.8, 4) is 0 Å². The molecule has 1 saturated heterocycles. The first-order chi connectivity index (χ1) is 9.24. The third-order valence-electron chi connectivity index (χ3n) is 3.79. The highest BCUT2D eigenvalue weighted by molar-refractivity contribution is 6.01. The molecule has 3 heteroatoms. The van der Waals surface area contributed by atoms with Crippen molar-refractivity contribution in [2.24, 2.45) is 0 Å². The van der Waals surface area contributed by atoms with Crippen molar-refractivity contribution in [2.45, 2.75) is 38.6 Å². The maximum Gasteiger partial charge on any atom is 0.214 e. The molecule has 1 unspecified atom stereocenters. The lowest BCUT2D eigenvalue weighted by Crippen LogP contribution is -2.35. The standard InChI is InChI=1S/C16H19NO2/c1-11-6-7-14-12(9-11)10-15(19-14)16(18)13-5-3-2-4-8-17-13/h6-7,9-10,13,17H,2-5,8H2,1H3. The first kappa shape index (κ1) is 12.4. The maximum atomic E-state index is 12.5. The van der Waals surface area contributed by atoms with E-state index in [1.54, 1.807) is 0 Å². The first-order valence-corrected chi connectivity index (χ1v) is 7.02. The van der Waals surface area contributed by atoms with Gasteiger partial charge in [-0.15, -0.1) is 0 Å². The lowest BCUT2D eigenvalue weighted by atomic mass is 10.0. The van der Waals surface area contributed by atoms with E-state index in [0.29, 0.717) is 5.76 Å². The van der Waals surface area contributed by atoms with Crippen molar-refractivity contribution < 1.29 is 9.21 Å². The number of fused-ring (bicyclic) bond motifs is 1. The second-order valence-electron chi connectivity index (χ2n) is 5.37. The predicted molar refractivity (Wildman–Crippen MR) is 75.5 cm³/mol. The van der Waals surface area contributed by atoms with Gasteiger partial charge >= 0.3 is 0 Å². The van der Waals surface area contributed by atoms with Crippen molar-refractivity contribution in [1.29, 1.82) is 0 Å². The van der Waals surface area contributed by atoms with Gasteiger partial charge in [0.1, 0.15) is 5.58 Å². The Kier molecular flexibility index (Phi) is 3.38. The maximum absolute atomic E-state index is 12.5. The fourth-order valence-electron chi connectivity index (χ4n) is 2.71. The van der Waals surface area contributed by atoms with Crippen LogP contribution in [0.3, 0.4) is 0 Å². The number of furan rings is 1. The number of hydrogen-bond acceptors (Lipinski definition) is 3. The summed E-state index contributed by atoms with van der Waals surface area (Å²) < 4.78 is 5.69. The molecule has 0 spiro atoms. The Morgan fingerprint density at radius 3 is 3.05 bits per heavy atom. The quantitative estimate of drug-likeness (QED) is 0.838. The molecule has 3 rings (SSSR count). The SMILES string of the molecule is Cc1ccc2oc(C(=O)C3CCCCCN3)cc2c1. The topological polar surface area (TPSA) is 42.2 Å². The molecule has 0 bridgehead atoms. The van der Waals surface area contributed by atoms with E-state index in [0.717, 1.165) is 36.8 Å². The summed E-state index contributed by atoms with van der Waals surface area (Å²) in [5.41, 5.74) is 1.97. The third kappa shape index (κ3) is 2.56. The molecule has 0 saturated carbocycles. The van der Waals surface area contributed by atoms with Crippen molar-refractivity contribution >= 4 is 16.8 Å². The van der Waals surface area contributed by atoms with Crippen LogP contribution in [-0.2, 0) is 0 Å². The van der Waals surface area contributed by atoms with E-state index < -0.39 is 0 Å². The van der Waals surface area contributed by atoms with Crippen LogP contribution in [-0.4, -0.2) is 18.4 Å². The summed E-state index contributed by atoms with van der Waals surface area (Å²) in [5.74, 6) is 0.579. The highest BCUT2D eigenvalue weighted by Gasteiger charge is 2.23. The lowest BCUT2D eigenvalue weighted by molar-refractivity contribution is 0.0915. The van der Waals surface area contributed by atoms with Gasteiger partial charge in [0.15, 0.2) is 5.76 Å². The number of aryl methyl sites for hydroxylation is 1. The first-order valence-electron chi connectivity index (χ1n) is 7.02. The van der Waals surface area contributed by atoms with Crippen molar-refractivity contribution in [1.82, 2.24) is 5.32 Å². The van der Waals surface area contributed by atoms with Crippen molar-refractivity contribution in [3.05, 3.63) is 35.6 Å². The molecule has 0 aliphatic carbocycles. The Morgan fingerprint density at radius 1 is 1.26 bits per heavy atom. The van der Waals surface area contributed by atoms with Gasteiger partial charge in [-0.05, 0) is 44.5 Å². The molecular weight excluding hydrogens is 238 g/mol. The number of rotatable bonds is 2. The molecule has 1 aromatic heterocycles. The fourth-order valence-corrected chi connectivity index (χ4v) is 2.71. The van der Waals surface area contributed by atoms with Gasteiger partial charge in [-0.2, -0.15) is 0 Å². The predicted octanol–water partition coefficient (Wildman–Crippen LogP) is 3.46. The summed E-state index contributed by atoms with van der Waals surface area (Å²) in [7, 11) is 0. The highest BCUT2D eigenvalue weighted by atomic mass is 16.3. The van der Waals surface area contributed by atoms with Gasteiger partial charge in [-0.25, -0.2) is 0 Å². The van der Waals surface area contributed by atoms with Gasteiger partial charge in [-0.3, -0.25) is 4.79 Å². The number of benzene rings is 1. The molecule has 1 aliphatic heterocycles. The Bertz CT molecular complexity index is 592. The van der Waals surface area contributed by atoms with Crippen LogP contribution in [0.25, 0.3) is 11.0 Å². The number of nitrogens with one attached hydrogen (secondary N) is 1. The van der Waals surface area contributed by atoms with Crippen LogP contribution in [0.4, 0.5) is 0 Å². The molecule has 1 aromatic carbocycles. The lowest BCUT2D eigenvalue weighted by Gasteiger charge is -2.12. The van der Waals surface area contributed by atoms with Gasteiger partial charge in [0.2, 0.25) is 5.78 Å². The van der Waals surface area contributed by atoms with E-state index in [4.69, 9.17) is 4.42 Å². The largest absolute Gasteiger partial charge is 0.453 e. The van der Waals surface area contributed by atoms with Gasteiger partial charge in [0.25, 0.3) is 0 Å². The molecule has 0 radical (unpaired) electrons. The average molecular weight is 257 g/mol. The Hall–Kier alpha value is -1.61. The monoisotopic (exact) mass is 257 g/mol. The van der Waals surface area contributed by atoms with E-state index >= 15 is 0 Å². The molecular formula is C16H19NO2. The molecule has 3 nitrogen and oxygen atoms in total. The van der Waals surface area contributed by atoms with E-state index in [1.807, 2.05) is 25.1 Å². The normalized spacial score (nSPS) is 20.4. The fraction of sp³-hybridized carbons (Fsp3) is 0.438. The third-order valence-corrected chi connectivity index (χ3v) is 3.79. The van der Waals surface area contributed by atoms with Crippen LogP contribution in [0.15, 0.2) is 28.7 Å². The molecule has 1 N–H and O–H groups in total. The number of carbonyl (C=O) groups excluding carboxylic acids is 1. The molecule has 0 amide bonds. The zero-order valence-corrected chi connectivity index (χ0v) is 11.2. The van der Waals surface area contributed by atoms with Crippen molar-refractivity contribution in [3.63, 3.8) is 0 Å². The molecule has 1 fully saturated rings. The summed E-state index contributed by atoms with van der Waals surface area (Å²) in [6.07, 6.45) is 4.39. The zero-order chi connectivity index (χ0) is 13.2. The zero-order valence-electron chi connectivity index (χ0n) is 11.2. The average Bonchev–Trinajstić information content (AvgIpc) is 2.64. The molecule has 2 heterocycles. The van der Waals surface area contributed by atoms with Crippen LogP contribution >= 0.6 is 0 Å². The van der Waals surface area contributed by atoms with Crippen LogP contribution in [0.1, 0.15) is 41.8 Å². The minimum Gasteiger partial charge on any atom is -0.453 e. The van der Waals surface area contributed by atoms with E-state index in [1.165, 1.54) is 12.0 Å². The number of ketones is 1. The summed E-state index contributed by atoms with van der Waals surface area (Å²) in [6.45, 7) is 2.97. The summed E-state index contributed by atoms with van der Waals surface area (Å²) in [5, 5.41) is 4.34. The summed E-state index contributed by atoms with van der Waals surface area (Å²) >= 11 is 0. The molecule has 1 atom stereocenters. The number of Topliss-reactive ketones (excluding diaryl/α,β-unsaturated/α-hetero) is 1. The summed E-state index contributed by atoms with van der Waals surface area (Å²) in [4.78, 5) is 12.5. The van der Waals surface area contributed by atoms with Gasteiger partial charge in [0.05, 0.1) is 6.04 Å². The summed E-state index contributed by atoms with van der Waals surface area (Å²) in [6, 6.07) is 7.78. The second kappa shape index (κ2) is 5.17. The molecule has 2 aromatic rings.